The highest BCUT2D eigenvalue weighted by molar-refractivity contribution is 7.92. The number of methoxy groups -OCH3 is 1. The van der Waals surface area contributed by atoms with Crippen LogP contribution in [0, 0.1) is 0 Å². The van der Waals surface area contributed by atoms with E-state index in [1.807, 2.05) is 0 Å². The zero-order valence-corrected chi connectivity index (χ0v) is 15.8. The molecule has 2 rings (SSSR count). The quantitative estimate of drug-likeness (QED) is 0.657. The molecule has 140 valence electrons. The summed E-state index contributed by atoms with van der Waals surface area (Å²) in [6, 6.07) is 12.6. The minimum Gasteiger partial charge on any atom is -0.495 e. The normalized spacial score (nSPS) is 11.0. The summed E-state index contributed by atoms with van der Waals surface area (Å²) in [5, 5.41) is 2.83. The Kier molecular flexibility index (Phi) is 7.03. The Morgan fingerprint density at radius 3 is 2.38 bits per heavy atom. The van der Waals surface area contributed by atoms with E-state index >= 15 is 0 Å². The monoisotopic (exact) mass is 376 g/mol. The minimum atomic E-state index is -3.77. The summed E-state index contributed by atoms with van der Waals surface area (Å²) < 4.78 is 32.7. The average Bonchev–Trinajstić information content (AvgIpc) is 2.65. The summed E-state index contributed by atoms with van der Waals surface area (Å²) in [5.74, 6) is 0.224. The van der Waals surface area contributed by atoms with Crippen LogP contribution in [0.1, 0.15) is 36.5 Å². The Labute approximate surface area is 154 Å². The van der Waals surface area contributed by atoms with Crippen LogP contribution in [0.2, 0.25) is 0 Å². The lowest BCUT2D eigenvalue weighted by atomic mass is 10.2. The number of ether oxygens (including phenoxy) is 1. The van der Waals surface area contributed by atoms with Gasteiger partial charge in [0.05, 0.1) is 17.7 Å². The van der Waals surface area contributed by atoms with Gasteiger partial charge in [0.1, 0.15) is 5.75 Å². The van der Waals surface area contributed by atoms with Crippen molar-refractivity contribution in [3.05, 3.63) is 54.1 Å². The second-order valence-electron chi connectivity index (χ2n) is 5.79. The third-order valence-corrected chi connectivity index (χ3v) is 5.23. The molecular formula is C19H24N2O4S. The van der Waals surface area contributed by atoms with E-state index in [1.165, 1.54) is 31.4 Å². The third-order valence-electron chi connectivity index (χ3n) is 3.84. The van der Waals surface area contributed by atoms with Gasteiger partial charge in [-0.3, -0.25) is 9.52 Å². The van der Waals surface area contributed by atoms with E-state index < -0.39 is 10.0 Å². The second kappa shape index (κ2) is 9.24. The van der Waals surface area contributed by atoms with Crippen molar-refractivity contribution in [3.8, 4) is 5.75 Å². The molecule has 26 heavy (non-hydrogen) atoms. The number of carbonyl (C=O) groups excluding carboxylic acids is 1. The molecule has 0 bridgehead atoms. The van der Waals surface area contributed by atoms with Crippen LogP contribution in [0.5, 0.6) is 5.75 Å². The van der Waals surface area contributed by atoms with Gasteiger partial charge < -0.3 is 10.1 Å². The summed E-state index contributed by atoms with van der Waals surface area (Å²) in [6.45, 7) is 2.71. The lowest BCUT2D eigenvalue weighted by Gasteiger charge is -2.12. The number of benzene rings is 2. The van der Waals surface area contributed by atoms with E-state index in [-0.39, 0.29) is 10.8 Å². The van der Waals surface area contributed by atoms with Crippen LogP contribution in [0.3, 0.4) is 0 Å². The van der Waals surface area contributed by atoms with Crippen LogP contribution < -0.4 is 14.8 Å². The molecule has 2 N–H and O–H groups in total. The Bertz CT molecular complexity index is 833. The number of anilines is 1. The van der Waals surface area contributed by atoms with E-state index in [2.05, 4.69) is 17.0 Å². The van der Waals surface area contributed by atoms with Gasteiger partial charge in [-0.25, -0.2) is 8.42 Å². The summed E-state index contributed by atoms with van der Waals surface area (Å²) in [4.78, 5) is 12.1. The van der Waals surface area contributed by atoms with Crippen molar-refractivity contribution in [1.82, 2.24) is 5.32 Å². The average molecular weight is 376 g/mol. The number of rotatable bonds is 9. The van der Waals surface area contributed by atoms with Gasteiger partial charge in [0.15, 0.2) is 0 Å². The number of unbranched alkanes of at least 4 members (excludes halogenated alkanes) is 2. The van der Waals surface area contributed by atoms with Crippen molar-refractivity contribution in [2.75, 3.05) is 18.4 Å². The molecule has 6 nitrogen and oxygen atoms in total. The first kappa shape index (κ1) is 19.8. The summed E-state index contributed by atoms with van der Waals surface area (Å²) in [7, 11) is -2.30. The fourth-order valence-electron chi connectivity index (χ4n) is 2.40. The van der Waals surface area contributed by atoms with Crippen molar-refractivity contribution >= 4 is 21.6 Å². The molecule has 0 saturated carbocycles. The fourth-order valence-corrected chi connectivity index (χ4v) is 3.47. The standard InChI is InChI=1S/C19H24N2O4S/c1-3-4-7-14-20-19(22)15-10-12-16(13-11-15)26(23,24)21-17-8-5-6-9-18(17)25-2/h5-6,8-13,21H,3-4,7,14H2,1-2H3,(H,20,22). The zero-order valence-electron chi connectivity index (χ0n) is 15.0. The first-order valence-corrected chi connectivity index (χ1v) is 10.0. The fraction of sp³-hybridized carbons (Fsp3) is 0.316. The Balaban J connectivity index is 2.07. The third kappa shape index (κ3) is 5.23. The van der Waals surface area contributed by atoms with Crippen molar-refractivity contribution in [2.45, 2.75) is 31.1 Å². The van der Waals surface area contributed by atoms with Gasteiger partial charge in [-0.05, 0) is 42.8 Å². The lowest BCUT2D eigenvalue weighted by molar-refractivity contribution is 0.0953. The van der Waals surface area contributed by atoms with Crippen LogP contribution in [0.15, 0.2) is 53.4 Å². The molecule has 0 aliphatic rings. The number of hydrogen-bond acceptors (Lipinski definition) is 4. The molecule has 0 aromatic heterocycles. The van der Waals surface area contributed by atoms with Crippen molar-refractivity contribution < 1.29 is 17.9 Å². The van der Waals surface area contributed by atoms with Gasteiger partial charge in [-0.2, -0.15) is 0 Å². The first-order chi connectivity index (χ1) is 12.5. The highest BCUT2D eigenvalue weighted by Gasteiger charge is 2.17. The number of para-hydroxylation sites is 2. The molecule has 2 aromatic rings. The molecule has 0 spiro atoms. The molecule has 7 heteroatoms. The van der Waals surface area contributed by atoms with Gasteiger partial charge in [0, 0.05) is 12.1 Å². The van der Waals surface area contributed by atoms with Crippen LogP contribution >= 0.6 is 0 Å². The van der Waals surface area contributed by atoms with Crippen molar-refractivity contribution in [2.24, 2.45) is 0 Å². The minimum absolute atomic E-state index is 0.0749. The Hall–Kier alpha value is -2.54. The molecule has 0 saturated heterocycles. The lowest BCUT2D eigenvalue weighted by Crippen LogP contribution is -2.24. The number of carbonyl (C=O) groups is 1. The highest BCUT2D eigenvalue weighted by atomic mass is 32.2. The van der Waals surface area contributed by atoms with E-state index in [0.29, 0.717) is 23.5 Å². The SMILES string of the molecule is CCCCCNC(=O)c1ccc(S(=O)(=O)Nc2ccccc2OC)cc1. The number of nitrogens with one attached hydrogen (secondary N) is 2. The maximum atomic E-state index is 12.5. The molecule has 0 radical (unpaired) electrons. The molecular weight excluding hydrogens is 352 g/mol. The van der Waals surface area contributed by atoms with Crippen molar-refractivity contribution in [3.63, 3.8) is 0 Å². The van der Waals surface area contributed by atoms with Gasteiger partial charge in [-0.1, -0.05) is 31.9 Å². The Morgan fingerprint density at radius 2 is 1.73 bits per heavy atom. The first-order valence-electron chi connectivity index (χ1n) is 8.52. The van der Waals surface area contributed by atoms with Gasteiger partial charge in [0.25, 0.3) is 15.9 Å². The Morgan fingerprint density at radius 1 is 1.04 bits per heavy atom. The van der Waals surface area contributed by atoms with Crippen LogP contribution in [0.25, 0.3) is 0 Å². The molecule has 0 aliphatic heterocycles. The molecule has 2 aromatic carbocycles. The van der Waals surface area contributed by atoms with E-state index in [4.69, 9.17) is 4.74 Å². The topological polar surface area (TPSA) is 84.5 Å². The van der Waals surface area contributed by atoms with E-state index in [1.54, 1.807) is 24.3 Å². The molecule has 0 heterocycles. The predicted molar refractivity (Wildman–Crippen MR) is 102 cm³/mol. The molecule has 0 aliphatic carbocycles. The van der Waals surface area contributed by atoms with E-state index in [9.17, 15) is 13.2 Å². The maximum absolute atomic E-state index is 12.5. The number of hydrogen-bond donors (Lipinski definition) is 2. The summed E-state index contributed by atoms with van der Waals surface area (Å²) in [5.41, 5.74) is 0.783. The van der Waals surface area contributed by atoms with E-state index in [0.717, 1.165) is 19.3 Å². The zero-order chi connectivity index (χ0) is 19.0. The predicted octanol–water partition coefficient (Wildman–Crippen LogP) is 3.42. The molecule has 1 amide bonds. The largest absolute Gasteiger partial charge is 0.495 e. The number of sulfonamides is 1. The second-order valence-corrected chi connectivity index (χ2v) is 7.48. The molecule has 0 unspecified atom stereocenters. The smallest absolute Gasteiger partial charge is 0.262 e. The number of amides is 1. The molecule has 0 fully saturated rings. The van der Waals surface area contributed by atoms with Crippen LogP contribution in [0.4, 0.5) is 5.69 Å². The van der Waals surface area contributed by atoms with Gasteiger partial charge >= 0.3 is 0 Å². The maximum Gasteiger partial charge on any atom is 0.262 e. The van der Waals surface area contributed by atoms with Gasteiger partial charge in [-0.15, -0.1) is 0 Å². The summed E-state index contributed by atoms with van der Waals surface area (Å²) >= 11 is 0. The highest BCUT2D eigenvalue weighted by Crippen LogP contribution is 2.26. The van der Waals surface area contributed by atoms with Gasteiger partial charge in [0.2, 0.25) is 0 Å². The summed E-state index contributed by atoms with van der Waals surface area (Å²) in [6.07, 6.45) is 3.07. The molecule has 0 atom stereocenters. The van der Waals surface area contributed by atoms with Crippen molar-refractivity contribution in [1.29, 1.82) is 0 Å². The van der Waals surface area contributed by atoms with Crippen LogP contribution in [-0.2, 0) is 10.0 Å². The van der Waals surface area contributed by atoms with Crippen LogP contribution in [-0.4, -0.2) is 28.0 Å².